The normalized spacial score (nSPS) is 10.3. The van der Waals surface area contributed by atoms with Crippen molar-refractivity contribution < 1.29 is 14.3 Å². The minimum atomic E-state index is -0.163. The molecule has 0 heterocycles. The van der Waals surface area contributed by atoms with Crippen LogP contribution in [0.3, 0.4) is 0 Å². The van der Waals surface area contributed by atoms with Gasteiger partial charge < -0.3 is 20.7 Å². The highest BCUT2D eigenvalue weighted by Crippen LogP contribution is 2.17. The van der Waals surface area contributed by atoms with Gasteiger partial charge in [0.15, 0.2) is 0 Å². The van der Waals surface area contributed by atoms with Crippen LogP contribution in [0.25, 0.3) is 0 Å². The average Bonchev–Trinajstić information content (AvgIpc) is 2.83. The number of ether oxygens (including phenoxy) is 1. The molecule has 0 saturated carbocycles. The zero-order valence-electron chi connectivity index (χ0n) is 18.3. The zero-order valence-corrected chi connectivity index (χ0v) is 18.3. The van der Waals surface area contributed by atoms with Crippen LogP contribution in [0.4, 0.5) is 11.4 Å². The molecular weight excluding hydrogens is 402 g/mol. The van der Waals surface area contributed by atoms with E-state index in [4.69, 9.17) is 4.74 Å². The predicted molar refractivity (Wildman–Crippen MR) is 128 cm³/mol. The summed E-state index contributed by atoms with van der Waals surface area (Å²) < 4.78 is 5.76. The molecule has 0 unspecified atom stereocenters. The molecule has 0 fully saturated rings. The molecule has 3 rings (SSSR count). The third kappa shape index (κ3) is 7.47. The minimum Gasteiger partial charge on any atom is -0.489 e. The van der Waals surface area contributed by atoms with Gasteiger partial charge in [0.05, 0.1) is 6.54 Å². The lowest BCUT2D eigenvalue weighted by atomic mass is 10.2. The summed E-state index contributed by atoms with van der Waals surface area (Å²) in [5.74, 6) is 0.493. The molecule has 166 valence electrons. The van der Waals surface area contributed by atoms with E-state index in [1.54, 1.807) is 24.3 Å². The number of carbonyl (C=O) groups is 2. The molecule has 0 spiro atoms. The van der Waals surface area contributed by atoms with Crippen molar-refractivity contribution in [2.45, 2.75) is 26.4 Å². The number of unbranched alkanes of at least 4 members (excludes halogenated alkanes) is 1. The number of benzene rings is 3. The van der Waals surface area contributed by atoms with Crippen molar-refractivity contribution >= 4 is 23.2 Å². The monoisotopic (exact) mass is 431 g/mol. The predicted octanol–water partition coefficient (Wildman–Crippen LogP) is 4.85. The van der Waals surface area contributed by atoms with Crippen molar-refractivity contribution in [2.24, 2.45) is 0 Å². The molecule has 2 amide bonds. The Morgan fingerprint density at radius 3 is 2.22 bits per heavy atom. The molecule has 0 bridgehead atoms. The summed E-state index contributed by atoms with van der Waals surface area (Å²) in [7, 11) is 0. The molecule has 3 aromatic carbocycles. The standard InChI is InChI=1S/C26H29N3O3/c1-2-3-17-27-26(31)21-9-11-22(12-10-21)28-18-25(30)29-23-13-15-24(16-14-23)32-19-20-7-5-4-6-8-20/h4-16,28H,2-3,17-19H2,1H3,(H,27,31)(H,29,30). The van der Waals surface area contributed by atoms with E-state index in [0.29, 0.717) is 24.4 Å². The summed E-state index contributed by atoms with van der Waals surface area (Å²) in [5.41, 5.74) is 3.17. The lowest BCUT2D eigenvalue weighted by molar-refractivity contribution is -0.114. The largest absolute Gasteiger partial charge is 0.489 e. The van der Waals surface area contributed by atoms with E-state index in [9.17, 15) is 9.59 Å². The van der Waals surface area contributed by atoms with Gasteiger partial charge in [-0.3, -0.25) is 9.59 Å². The van der Waals surface area contributed by atoms with Crippen molar-refractivity contribution in [3.05, 3.63) is 90.0 Å². The second kappa shape index (κ2) is 12.2. The van der Waals surface area contributed by atoms with Crippen molar-refractivity contribution in [3.63, 3.8) is 0 Å². The zero-order chi connectivity index (χ0) is 22.6. The van der Waals surface area contributed by atoms with Crippen LogP contribution in [0.2, 0.25) is 0 Å². The number of hydrogen-bond acceptors (Lipinski definition) is 4. The lowest BCUT2D eigenvalue weighted by Crippen LogP contribution is -2.24. The van der Waals surface area contributed by atoms with Gasteiger partial charge in [-0.15, -0.1) is 0 Å². The van der Waals surface area contributed by atoms with Gasteiger partial charge in [-0.05, 0) is 60.5 Å². The number of hydrogen-bond donors (Lipinski definition) is 3. The van der Waals surface area contributed by atoms with Crippen LogP contribution in [0.1, 0.15) is 35.7 Å². The van der Waals surface area contributed by atoms with Crippen LogP contribution >= 0.6 is 0 Å². The molecule has 0 aliphatic heterocycles. The highest BCUT2D eigenvalue weighted by molar-refractivity contribution is 5.95. The fourth-order valence-electron chi connectivity index (χ4n) is 2.98. The maximum absolute atomic E-state index is 12.2. The van der Waals surface area contributed by atoms with E-state index < -0.39 is 0 Å². The van der Waals surface area contributed by atoms with Crippen LogP contribution in [0.15, 0.2) is 78.9 Å². The van der Waals surface area contributed by atoms with Gasteiger partial charge in [0.1, 0.15) is 12.4 Å². The Bertz CT molecular complexity index is 987. The molecule has 0 atom stereocenters. The Morgan fingerprint density at radius 1 is 0.844 bits per heavy atom. The van der Waals surface area contributed by atoms with E-state index in [1.807, 2.05) is 54.6 Å². The maximum Gasteiger partial charge on any atom is 0.251 e. The number of amides is 2. The van der Waals surface area contributed by atoms with Gasteiger partial charge in [-0.1, -0.05) is 43.7 Å². The number of anilines is 2. The van der Waals surface area contributed by atoms with Crippen molar-refractivity contribution in [2.75, 3.05) is 23.7 Å². The number of nitrogens with one attached hydrogen (secondary N) is 3. The highest BCUT2D eigenvalue weighted by atomic mass is 16.5. The Morgan fingerprint density at radius 2 is 1.53 bits per heavy atom. The summed E-state index contributed by atoms with van der Waals surface area (Å²) >= 11 is 0. The fraction of sp³-hybridized carbons (Fsp3) is 0.231. The van der Waals surface area contributed by atoms with E-state index >= 15 is 0 Å². The summed E-state index contributed by atoms with van der Waals surface area (Å²) in [6.07, 6.45) is 2.00. The molecule has 32 heavy (non-hydrogen) atoms. The van der Waals surface area contributed by atoms with E-state index in [0.717, 1.165) is 29.8 Å². The molecular formula is C26H29N3O3. The minimum absolute atomic E-state index is 0.0843. The SMILES string of the molecule is CCCCNC(=O)c1ccc(NCC(=O)Nc2ccc(OCc3ccccc3)cc2)cc1. The number of rotatable bonds is 11. The van der Waals surface area contributed by atoms with Crippen LogP contribution in [0, 0.1) is 0 Å². The molecule has 3 N–H and O–H groups in total. The lowest BCUT2D eigenvalue weighted by Gasteiger charge is -2.10. The van der Waals surface area contributed by atoms with E-state index in [2.05, 4.69) is 22.9 Å². The van der Waals surface area contributed by atoms with Gasteiger partial charge in [0, 0.05) is 23.5 Å². The van der Waals surface area contributed by atoms with Gasteiger partial charge in [0.2, 0.25) is 5.91 Å². The average molecular weight is 432 g/mol. The summed E-state index contributed by atoms with van der Waals surface area (Å²) in [6, 6.07) is 24.3. The molecule has 6 heteroatoms. The summed E-state index contributed by atoms with van der Waals surface area (Å²) in [5, 5.41) is 8.80. The van der Waals surface area contributed by atoms with Crippen LogP contribution in [0.5, 0.6) is 5.75 Å². The first kappa shape index (κ1) is 22.9. The maximum atomic E-state index is 12.2. The van der Waals surface area contributed by atoms with Crippen molar-refractivity contribution in [1.82, 2.24) is 5.32 Å². The van der Waals surface area contributed by atoms with Crippen LogP contribution < -0.4 is 20.7 Å². The summed E-state index contributed by atoms with van der Waals surface area (Å²) in [4.78, 5) is 24.3. The molecule has 0 saturated heterocycles. The van der Waals surface area contributed by atoms with Crippen LogP contribution in [-0.2, 0) is 11.4 Å². The van der Waals surface area contributed by atoms with Gasteiger partial charge in [-0.25, -0.2) is 0 Å². The van der Waals surface area contributed by atoms with Crippen molar-refractivity contribution in [3.8, 4) is 5.75 Å². The van der Waals surface area contributed by atoms with Crippen LogP contribution in [-0.4, -0.2) is 24.9 Å². The Labute approximate surface area is 189 Å². The first-order valence-corrected chi connectivity index (χ1v) is 10.8. The van der Waals surface area contributed by atoms with Gasteiger partial charge >= 0.3 is 0 Å². The van der Waals surface area contributed by atoms with E-state index in [1.165, 1.54) is 0 Å². The molecule has 0 aromatic heterocycles. The highest BCUT2D eigenvalue weighted by Gasteiger charge is 2.06. The Hall–Kier alpha value is -3.80. The smallest absolute Gasteiger partial charge is 0.251 e. The molecule has 6 nitrogen and oxygen atoms in total. The van der Waals surface area contributed by atoms with Crippen molar-refractivity contribution in [1.29, 1.82) is 0 Å². The van der Waals surface area contributed by atoms with Gasteiger partial charge in [0.25, 0.3) is 5.91 Å². The third-order valence-corrected chi connectivity index (χ3v) is 4.80. The number of carbonyl (C=O) groups excluding carboxylic acids is 2. The molecule has 0 aliphatic carbocycles. The van der Waals surface area contributed by atoms with E-state index in [-0.39, 0.29) is 18.4 Å². The first-order chi connectivity index (χ1) is 15.6. The Balaban J connectivity index is 1.41. The second-order valence-corrected chi connectivity index (χ2v) is 7.39. The molecule has 0 radical (unpaired) electrons. The molecule has 0 aliphatic rings. The summed E-state index contributed by atoms with van der Waals surface area (Å²) in [6.45, 7) is 3.37. The van der Waals surface area contributed by atoms with Gasteiger partial charge in [-0.2, -0.15) is 0 Å². The quantitative estimate of drug-likeness (QED) is 0.379. The fourth-order valence-corrected chi connectivity index (χ4v) is 2.98. The molecule has 3 aromatic rings. The second-order valence-electron chi connectivity index (χ2n) is 7.39. The topological polar surface area (TPSA) is 79.5 Å². The Kier molecular flexibility index (Phi) is 8.69. The first-order valence-electron chi connectivity index (χ1n) is 10.8. The third-order valence-electron chi connectivity index (χ3n) is 4.80.